The van der Waals surface area contributed by atoms with E-state index in [1.807, 2.05) is 0 Å². The minimum atomic E-state index is -0.777. The molecule has 0 aliphatic heterocycles. The second-order valence-corrected chi connectivity index (χ2v) is 23.8. The molecular formula is C74H134O6. The van der Waals surface area contributed by atoms with Gasteiger partial charge in [0, 0.05) is 19.3 Å². The summed E-state index contributed by atoms with van der Waals surface area (Å²) in [4.78, 5) is 38.5. The fourth-order valence-electron chi connectivity index (χ4n) is 10.5. The SMILES string of the molecule is CC/C=C\C/C=C\C/C=C\C/C=C\CCCCCCCCCCCCC(=O)OCC(COC(=O)CCCCCCCCCCCCCCCCCCCC)OC(=O)CCCCCCCCCCC/C=C\CCCCCCCCCC. The molecule has 0 rings (SSSR count). The maximum absolute atomic E-state index is 13.0. The Labute approximate surface area is 498 Å². The van der Waals surface area contributed by atoms with Gasteiger partial charge in [0.15, 0.2) is 6.10 Å². The molecule has 6 heteroatoms. The summed E-state index contributed by atoms with van der Waals surface area (Å²) in [6.45, 7) is 6.59. The zero-order valence-electron chi connectivity index (χ0n) is 53.6. The molecular weight excluding hydrogens is 985 g/mol. The maximum Gasteiger partial charge on any atom is 0.306 e. The van der Waals surface area contributed by atoms with E-state index in [9.17, 15) is 14.4 Å². The topological polar surface area (TPSA) is 78.9 Å². The number of unbranched alkanes of at least 4 members (excludes halogenated alkanes) is 44. The highest BCUT2D eigenvalue weighted by Crippen LogP contribution is 2.18. The molecule has 0 heterocycles. The van der Waals surface area contributed by atoms with Crippen LogP contribution in [0.25, 0.3) is 0 Å². The summed E-state index contributed by atoms with van der Waals surface area (Å²) in [7, 11) is 0. The van der Waals surface area contributed by atoms with E-state index >= 15 is 0 Å². The summed E-state index contributed by atoms with van der Waals surface area (Å²) in [5, 5.41) is 0. The molecule has 6 nitrogen and oxygen atoms in total. The first-order chi connectivity index (χ1) is 39.5. The van der Waals surface area contributed by atoms with Crippen molar-refractivity contribution in [3.05, 3.63) is 60.8 Å². The monoisotopic (exact) mass is 1120 g/mol. The first-order valence-electron chi connectivity index (χ1n) is 35.3. The minimum absolute atomic E-state index is 0.0716. The van der Waals surface area contributed by atoms with Gasteiger partial charge in [0.05, 0.1) is 0 Å². The van der Waals surface area contributed by atoms with Crippen LogP contribution in [0.4, 0.5) is 0 Å². The fraction of sp³-hybridized carbons (Fsp3) is 0.824. The van der Waals surface area contributed by atoms with Crippen LogP contribution in [0.1, 0.15) is 374 Å². The quantitative estimate of drug-likeness (QED) is 0.0261. The van der Waals surface area contributed by atoms with E-state index in [0.717, 1.165) is 83.5 Å². The van der Waals surface area contributed by atoms with Gasteiger partial charge in [0.25, 0.3) is 0 Å². The summed E-state index contributed by atoms with van der Waals surface area (Å²) in [6.07, 6.45) is 88.1. The second kappa shape index (κ2) is 68.6. The van der Waals surface area contributed by atoms with Crippen molar-refractivity contribution in [2.45, 2.75) is 380 Å². The molecule has 80 heavy (non-hydrogen) atoms. The fourth-order valence-corrected chi connectivity index (χ4v) is 10.5. The molecule has 0 N–H and O–H groups in total. The average Bonchev–Trinajstić information content (AvgIpc) is 3.46. The van der Waals surface area contributed by atoms with Crippen LogP contribution >= 0.6 is 0 Å². The van der Waals surface area contributed by atoms with Gasteiger partial charge in [-0.3, -0.25) is 14.4 Å². The van der Waals surface area contributed by atoms with E-state index in [1.165, 1.54) is 250 Å². The largest absolute Gasteiger partial charge is 0.462 e. The predicted octanol–water partition coefficient (Wildman–Crippen LogP) is 24.3. The number of rotatable bonds is 65. The Bertz CT molecular complexity index is 1430. The summed E-state index contributed by atoms with van der Waals surface area (Å²) in [6, 6.07) is 0. The molecule has 1 unspecified atom stereocenters. The standard InChI is InChI=1S/C74H134O6/c1-4-7-10-13-16-19-22-25-28-31-34-36-37-39-40-43-46-49-52-55-58-61-64-67-73(76)79-70-71(69-78-72(75)66-63-60-57-54-51-48-45-42-33-30-27-24-21-18-15-12-9-6-3)80-74(77)68-65-62-59-56-53-50-47-44-41-38-35-32-29-26-23-20-17-14-11-8-5-2/h7,10,16,19,25,28,32,34-36,71H,4-6,8-9,11-15,17-18,20-24,26-27,29-31,33,37-70H2,1-3H3/b10-7-,19-16-,28-25-,35-32-,36-34-. The molecule has 0 saturated carbocycles. The van der Waals surface area contributed by atoms with Crippen LogP contribution in [0.15, 0.2) is 60.8 Å². The Morgan fingerprint density at radius 1 is 0.263 bits per heavy atom. The second-order valence-electron chi connectivity index (χ2n) is 23.8. The van der Waals surface area contributed by atoms with E-state index in [-0.39, 0.29) is 31.1 Å². The lowest BCUT2D eigenvalue weighted by Gasteiger charge is -2.18. The molecule has 0 saturated heterocycles. The Hall–Kier alpha value is -2.89. The third-order valence-corrected chi connectivity index (χ3v) is 15.8. The van der Waals surface area contributed by atoms with Gasteiger partial charge in [-0.05, 0) is 83.5 Å². The molecule has 0 aromatic rings. The number of hydrogen-bond acceptors (Lipinski definition) is 6. The molecule has 0 fully saturated rings. The summed E-state index contributed by atoms with van der Waals surface area (Å²) >= 11 is 0. The van der Waals surface area contributed by atoms with Gasteiger partial charge in [-0.15, -0.1) is 0 Å². The summed E-state index contributed by atoms with van der Waals surface area (Å²) < 4.78 is 17.0. The molecule has 466 valence electrons. The molecule has 0 bridgehead atoms. The molecule has 1 atom stereocenters. The van der Waals surface area contributed by atoms with Crippen molar-refractivity contribution in [3.8, 4) is 0 Å². The van der Waals surface area contributed by atoms with Crippen LogP contribution in [-0.4, -0.2) is 37.2 Å². The number of carbonyl (C=O) groups excluding carboxylic acids is 3. The van der Waals surface area contributed by atoms with Crippen molar-refractivity contribution >= 4 is 17.9 Å². The Morgan fingerprint density at radius 2 is 0.487 bits per heavy atom. The number of esters is 3. The summed E-state index contributed by atoms with van der Waals surface area (Å²) in [5.41, 5.74) is 0. The van der Waals surface area contributed by atoms with Gasteiger partial charge >= 0.3 is 17.9 Å². The van der Waals surface area contributed by atoms with Gasteiger partial charge < -0.3 is 14.2 Å². The van der Waals surface area contributed by atoms with E-state index in [2.05, 4.69) is 81.5 Å². The zero-order chi connectivity index (χ0) is 57.8. The van der Waals surface area contributed by atoms with Gasteiger partial charge in [-0.25, -0.2) is 0 Å². The molecule has 0 aromatic heterocycles. The lowest BCUT2D eigenvalue weighted by molar-refractivity contribution is -0.167. The molecule has 0 aliphatic carbocycles. The first kappa shape index (κ1) is 77.1. The van der Waals surface area contributed by atoms with Gasteiger partial charge in [0.1, 0.15) is 13.2 Å². The third kappa shape index (κ3) is 65.9. The highest BCUT2D eigenvalue weighted by Gasteiger charge is 2.19. The lowest BCUT2D eigenvalue weighted by atomic mass is 10.0. The van der Waals surface area contributed by atoms with E-state index < -0.39 is 6.10 Å². The van der Waals surface area contributed by atoms with E-state index in [1.54, 1.807) is 0 Å². The van der Waals surface area contributed by atoms with Crippen molar-refractivity contribution < 1.29 is 28.6 Å². The lowest BCUT2D eigenvalue weighted by Crippen LogP contribution is -2.30. The molecule has 0 amide bonds. The Kier molecular flexibility index (Phi) is 66.1. The van der Waals surface area contributed by atoms with Crippen molar-refractivity contribution in [1.82, 2.24) is 0 Å². The molecule has 0 aromatic carbocycles. The highest BCUT2D eigenvalue weighted by molar-refractivity contribution is 5.71. The number of hydrogen-bond donors (Lipinski definition) is 0. The van der Waals surface area contributed by atoms with E-state index in [0.29, 0.717) is 19.3 Å². The number of ether oxygens (including phenoxy) is 3. The van der Waals surface area contributed by atoms with Crippen LogP contribution in [0.5, 0.6) is 0 Å². The Morgan fingerprint density at radius 3 is 0.775 bits per heavy atom. The average molecular weight is 1120 g/mol. The highest BCUT2D eigenvalue weighted by atomic mass is 16.6. The molecule has 0 spiro atoms. The third-order valence-electron chi connectivity index (χ3n) is 15.8. The van der Waals surface area contributed by atoms with Gasteiger partial charge in [-0.1, -0.05) is 332 Å². The minimum Gasteiger partial charge on any atom is -0.462 e. The molecule has 0 aliphatic rings. The maximum atomic E-state index is 13.0. The van der Waals surface area contributed by atoms with E-state index in [4.69, 9.17) is 14.2 Å². The van der Waals surface area contributed by atoms with Crippen molar-refractivity contribution in [2.75, 3.05) is 13.2 Å². The number of carbonyl (C=O) groups is 3. The zero-order valence-corrected chi connectivity index (χ0v) is 53.6. The first-order valence-corrected chi connectivity index (χ1v) is 35.3. The van der Waals surface area contributed by atoms with Crippen molar-refractivity contribution in [1.29, 1.82) is 0 Å². The summed E-state index contributed by atoms with van der Waals surface area (Å²) in [5.74, 6) is -0.852. The van der Waals surface area contributed by atoms with Gasteiger partial charge in [0.2, 0.25) is 0 Å². The van der Waals surface area contributed by atoms with Crippen LogP contribution in [0.3, 0.4) is 0 Å². The normalized spacial score (nSPS) is 12.4. The predicted molar refractivity (Wildman–Crippen MR) is 348 cm³/mol. The van der Waals surface area contributed by atoms with Crippen LogP contribution in [0.2, 0.25) is 0 Å². The van der Waals surface area contributed by atoms with Crippen molar-refractivity contribution in [2.24, 2.45) is 0 Å². The van der Waals surface area contributed by atoms with Crippen LogP contribution < -0.4 is 0 Å². The Balaban J connectivity index is 4.34. The van der Waals surface area contributed by atoms with Crippen LogP contribution in [-0.2, 0) is 28.6 Å². The van der Waals surface area contributed by atoms with Crippen molar-refractivity contribution in [3.63, 3.8) is 0 Å². The number of allylic oxidation sites excluding steroid dienone is 10. The smallest absolute Gasteiger partial charge is 0.306 e. The van der Waals surface area contributed by atoms with Gasteiger partial charge in [-0.2, -0.15) is 0 Å². The molecule has 0 radical (unpaired) electrons. The van der Waals surface area contributed by atoms with Crippen LogP contribution in [0, 0.1) is 0 Å².